The van der Waals surface area contributed by atoms with Crippen LogP contribution in [0.15, 0.2) is 24.3 Å². The third kappa shape index (κ3) is 3.43. The van der Waals surface area contributed by atoms with Gasteiger partial charge in [0.05, 0.1) is 6.10 Å². The maximum Gasteiger partial charge on any atom is 0.221 e. The predicted octanol–water partition coefficient (Wildman–Crippen LogP) is 0.851. The summed E-state index contributed by atoms with van der Waals surface area (Å²) < 4.78 is 0. The first kappa shape index (κ1) is 12.4. The van der Waals surface area contributed by atoms with Crippen molar-refractivity contribution in [1.82, 2.24) is 10.6 Å². The first-order chi connectivity index (χ1) is 8.15. The van der Waals surface area contributed by atoms with E-state index in [1.165, 1.54) is 0 Å². The lowest BCUT2D eigenvalue weighted by molar-refractivity contribution is -0.119. The molecule has 0 saturated carbocycles. The van der Waals surface area contributed by atoms with Crippen LogP contribution in [0.4, 0.5) is 0 Å². The Hall–Kier alpha value is -1.10. The first-order valence-electron chi connectivity index (χ1n) is 5.59. The normalized spacial score (nSPS) is 21.3. The Morgan fingerprint density at radius 1 is 1.47 bits per heavy atom. The third-order valence-corrected chi connectivity index (χ3v) is 3.08. The molecular weight excluding hydrogens is 240 g/mol. The van der Waals surface area contributed by atoms with Crippen LogP contribution in [-0.4, -0.2) is 30.1 Å². The number of carbonyl (C=O) groups is 1. The molecule has 0 aromatic heterocycles. The molecule has 1 aliphatic rings. The molecule has 1 amide bonds. The molecule has 1 aromatic rings. The monoisotopic (exact) mass is 254 g/mol. The molecule has 92 valence electrons. The summed E-state index contributed by atoms with van der Waals surface area (Å²) in [5.74, 6) is 0.0588. The van der Waals surface area contributed by atoms with Crippen LogP contribution in [0.1, 0.15) is 18.1 Å². The minimum absolute atomic E-state index is 0.0588. The molecule has 3 N–H and O–H groups in total. The van der Waals surface area contributed by atoms with Gasteiger partial charge in [0.1, 0.15) is 0 Å². The lowest BCUT2D eigenvalue weighted by atomic mass is 10.1. The number of hydrogen-bond acceptors (Lipinski definition) is 3. The molecule has 2 rings (SSSR count). The van der Waals surface area contributed by atoms with Crippen molar-refractivity contribution in [2.45, 2.75) is 18.6 Å². The molecule has 2 unspecified atom stereocenters. The van der Waals surface area contributed by atoms with Crippen molar-refractivity contribution in [3.63, 3.8) is 0 Å². The van der Waals surface area contributed by atoms with E-state index in [-0.39, 0.29) is 11.9 Å². The molecule has 0 bridgehead atoms. The number of benzene rings is 1. The highest BCUT2D eigenvalue weighted by molar-refractivity contribution is 6.30. The van der Waals surface area contributed by atoms with Gasteiger partial charge in [-0.05, 0) is 17.7 Å². The Balaban J connectivity index is 1.82. The number of amides is 1. The van der Waals surface area contributed by atoms with Crippen LogP contribution in [-0.2, 0) is 4.79 Å². The van der Waals surface area contributed by atoms with Crippen LogP contribution in [0, 0.1) is 0 Å². The van der Waals surface area contributed by atoms with Crippen molar-refractivity contribution in [3.8, 4) is 0 Å². The minimum Gasteiger partial charge on any atom is -0.387 e. The molecule has 0 aliphatic carbocycles. The Bertz CT molecular complexity index is 394. The molecule has 1 aromatic carbocycles. The number of nitrogens with one attached hydrogen (secondary N) is 2. The number of rotatable bonds is 4. The molecule has 1 aliphatic heterocycles. The summed E-state index contributed by atoms with van der Waals surface area (Å²) in [4.78, 5) is 11.0. The van der Waals surface area contributed by atoms with Crippen LogP contribution >= 0.6 is 11.6 Å². The van der Waals surface area contributed by atoms with E-state index in [1.807, 2.05) is 0 Å². The molecule has 17 heavy (non-hydrogen) atoms. The predicted molar refractivity (Wildman–Crippen MR) is 65.8 cm³/mol. The van der Waals surface area contributed by atoms with Crippen molar-refractivity contribution < 1.29 is 9.90 Å². The number of carbonyl (C=O) groups excluding carboxylic acids is 1. The summed E-state index contributed by atoms with van der Waals surface area (Å²) in [6.45, 7) is 1.06. The number of aliphatic hydroxyl groups is 1. The summed E-state index contributed by atoms with van der Waals surface area (Å²) in [6.07, 6.45) is -0.101. The Labute approximate surface area is 105 Å². The van der Waals surface area contributed by atoms with Gasteiger partial charge >= 0.3 is 0 Å². The molecule has 1 heterocycles. The summed E-state index contributed by atoms with van der Waals surface area (Å²) in [5, 5.41) is 16.5. The fraction of sp³-hybridized carbons (Fsp3) is 0.417. The van der Waals surface area contributed by atoms with Crippen LogP contribution in [0.25, 0.3) is 0 Å². The first-order valence-corrected chi connectivity index (χ1v) is 5.96. The van der Waals surface area contributed by atoms with Gasteiger partial charge in [0, 0.05) is 30.6 Å². The van der Waals surface area contributed by atoms with Gasteiger partial charge in [0.15, 0.2) is 0 Å². The van der Waals surface area contributed by atoms with Crippen LogP contribution in [0.3, 0.4) is 0 Å². The summed E-state index contributed by atoms with van der Waals surface area (Å²) in [7, 11) is 0. The Morgan fingerprint density at radius 2 is 2.18 bits per heavy atom. The maximum atomic E-state index is 11.0. The highest BCUT2D eigenvalue weighted by Gasteiger charge is 2.21. The van der Waals surface area contributed by atoms with E-state index in [9.17, 15) is 9.90 Å². The van der Waals surface area contributed by atoms with Gasteiger partial charge < -0.3 is 15.7 Å². The van der Waals surface area contributed by atoms with Gasteiger partial charge in [0.25, 0.3) is 0 Å². The zero-order valence-electron chi connectivity index (χ0n) is 9.32. The van der Waals surface area contributed by atoms with Crippen molar-refractivity contribution in [3.05, 3.63) is 34.9 Å². The van der Waals surface area contributed by atoms with Gasteiger partial charge in [-0.1, -0.05) is 23.7 Å². The van der Waals surface area contributed by atoms with E-state index < -0.39 is 6.10 Å². The second kappa shape index (κ2) is 5.49. The average molecular weight is 255 g/mol. The van der Waals surface area contributed by atoms with E-state index in [0.717, 1.165) is 5.56 Å². The van der Waals surface area contributed by atoms with Crippen LogP contribution < -0.4 is 10.6 Å². The molecule has 1 saturated heterocycles. The molecule has 5 heteroatoms. The molecule has 4 nitrogen and oxygen atoms in total. The van der Waals surface area contributed by atoms with Gasteiger partial charge in [-0.3, -0.25) is 4.79 Å². The van der Waals surface area contributed by atoms with Gasteiger partial charge in [-0.15, -0.1) is 0 Å². The second-order valence-electron chi connectivity index (χ2n) is 4.18. The Kier molecular flexibility index (Phi) is 3.99. The van der Waals surface area contributed by atoms with Crippen LogP contribution in [0.2, 0.25) is 5.02 Å². The fourth-order valence-corrected chi connectivity index (χ4v) is 1.96. The van der Waals surface area contributed by atoms with E-state index >= 15 is 0 Å². The van der Waals surface area contributed by atoms with Crippen molar-refractivity contribution in [2.24, 2.45) is 0 Å². The van der Waals surface area contributed by atoms with Gasteiger partial charge in [-0.2, -0.15) is 0 Å². The standard InChI is InChI=1S/C12H15ClN2O2/c13-9-3-1-8(2-4-9)11(16)7-14-10-5-12(17)15-6-10/h1-4,10-11,14,16H,5-7H2,(H,15,17). The second-order valence-corrected chi connectivity index (χ2v) is 4.62. The molecule has 0 spiro atoms. The summed E-state index contributed by atoms with van der Waals surface area (Å²) in [6, 6.07) is 7.21. The SMILES string of the molecule is O=C1CC(NCC(O)c2ccc(Cl)cc2)CN1. The smallest absolute Gasteiger partial charge is 0.221 e. The largest absolute Gasteiger partial charge is 0.387 e. The van der Waals surface area contributed by atoms with E-state index in [2.05, 4.69) is 10.6 Å². The van der Waals surface area contributed by atoms with Crippen molar-refractivity contribution >= 4 is 17.5 Å². The van der Waals surface area contributed by atoms with Gasteiger partial charge in [-0.25, -0.2) is 0 Å². The van der Waals surface area contributed by atoms with E-state index in [4.69, 9.17) is 11.6 Å². The molecule has 0 radical (unpaired) electrons. The zero-order valence-corrected chi connectivity index (χ0v) is 10.1. The van der Waals surface area contributed by atoms with Crippen LogP contribution in [0.5, 0.6) is 0 Å². The molecular formula is C12H15ClN2O2. The molecule has 2 atom stereocenters. The topological polar surface area (TPSA) is 61.4 Å². The lowest BCUT2D eigenvalue weighted by Gasteiger charge is -2.15. The van der Waals surface area contributed by atoms with Crippen molar-refractivity contribution in [1.29, 1.82) is 0 Å². The number of aliphatic hydroxyl groups excluding tert-OH is 1. The minimum atomic E-state index is -0.581. The third-order valence-electron chi connectivity index (χ3n) is 2.83. The lowest BCUT2D eigenvalue weighted by Crippen LogP contribution is -2.34. The quantitative estimate of drug-likeness (QED) is 0.747. The van der Waals surface area contributed by atoms with Gasteiger partial charge in [0.2, 0.25) is 5.91 Å². The average Bonchev–Trinajstić information content (AvgIpc) is 2.73. The van der Waals surface area contributed by atoms with E-state index in [1.54, 1.807) is 24.3 Å². The summed E-state index contributed by atoms with van der Waals surface area (Å²) in [5.41, 5.74) is 0.819. The Morgan fingerprint density at radius 3 is 2.76 bits per heavy atom. The molecule has 1 fully saturated rings. The maximum absolute atomic E-state index is 11.0. The highest BCUT2D eigenvalue weighted by Crippen LogP contribution is 2.16. The van der Waals surface area contributed by atoms with E-state index in [0.29, 0.717) is 24.5 Å². The fourth-order valence-electron chi connectivity index (χ4n) is 1.83. The van der Waals surface area contributed by atoms with Crippen molar-refractivity contribution in [2.75, 3.05) is 13.1 Å². The number of halogens is 1. The number of hydrogen-bond donors (Lipinski definition) is 3. The highest BCUT2D eigenvalue weighted by atomic mass is 35.5. The summed E-state index contributed by atoms with van der Waals surface area (Å²) >= 11 is 5.77. The zero-order chi connectivity index (χ0) is 12.3.